The molecule has 0 aliphatic carbocycles. The third-order valence-corrected chi connectivity index (χ3v) is 7.93. The van der Waals surface area contributed by atoms with E-state index < -0.39 is 46.2 Å². The van der Waals surface area contributed by atoms with Crippen LogP contribution >= 0.6 is 0 Å². The maximum absolute atomic E-state index is 13.8. The summed E-state index contributed by atoms with van der Waals surface area (Å²) in [6, 6.07) is 17.2. The second kappa shape index (κ2) is 12.5. The molecule has 0 fully saturated rings. The van der Waals surface area contributed by atoms with Gasteiger partial charge in [-0.15, -0.1) is 0 Å². The molecule has 1 N–H and O–H groups in total. The number of hydrogen-bond donors (Lipinski definition) is 1. The van der Waals surface area contributed by atoms with E-state index in [0.717, 1.165) is 17.7 Å². The maximum Gasteiger partial charge on any atom is 0.416 e. The molecule has 1 atom stereocenters. The minimum atomic E-state index is -4.73. The Kier molecular flexibility index (Phi) is 9.62. The Bertz CT molecular complexity index is 1430. The molecule has 214 valence electrons. The number of anilines is 1. The highest BCUT2D eigenvalue weighted by molar-refractivity contribution is 7.92. The number of amides is 2. The smallest absolute Gasteiger partial charge is 0.352 e. The molecule has 0 heterocycles. The number of rotatable bonds is 10. The molecule has 0 aromatic heterocycles. The number of aryl methyl sites for hydroxylation is 1. The van der Waals surface area contributed by atoms with Crippen LogP contribution in [0.15, 0.2) is 83.8 Å². The Balaban J connectivity index is 2.08. The molecule has 3 rings (SSSR count). The van der Waals surface area contributed by atoms with Gasteiger partial charge < -0.3 is 10.2 Å². The molecule has 7 nitrogen and oxygen atoms in total. The highest BCUT2D eigenvalue weighted by Gasteiger charge is 2.35. The van der Waals surface area contributed by atoms with Gasteiger partial charge in [0.25, 0.3) is 10.0 Å². The second-order valence-corrected chi connectivity index (χ2v) is 11.6. The van der Waals surface area contributed by atoms with Crippen LogP contribution in [0.2, 0.25) is 0 Å². The van der Waals surface area contributed by atoms with E-state index in [1.165, 1.54) is 30.0 Å². The zero-order chi connectivity index (χ0) is 29.7. The van der Waals surface area contributed by atoms with E-state index in [9.17, 15) is 31.2 Å². The molecule has 3 aromatic carbocycles. The molecule has 2 amide bonds. The van der Waals surface area contributed by atoms with E-state index in [1.807, 2.05) is 0 Å². The first-order valence-electron chi connectivity index (χ1n) is 12.6. The molecule has 11 heteroatoms. The van der Waals surface area contributed by atoms with Gasteiger partial charge in [0.1, 0.15) is 12.6 Å². The van der Waals surface area contributed by atoms with Crippen molar-refractivity contribution in [3.63, 3.8) is 0 Å². The second-order valence-electron chi connectivity index (χ2n) is 9.72. The van der Waals surface area contributed by atoms with Crippen LogP contribution in [0.4, 0.5) is 18.9 Å². The van der Waals surface area contributed by atoms with Crippen LogP contribution in [0.1, 0.15) is 37.5 Å². The Morgan fingerprint density at radius 2 is 1.52 bits per heavy atom. The van der Waals surface area contributed by atoms with E-state index in [1.54, 1.807) is 63.2 Å². The topological polar surface area (TPSA) is 86.8 Å². The van der Waals surface area contributed by atoms with Crippen molar-refractivity contribution in [2.45, 2.75) is 57.4 Å². The SMILES string of the molecule is Cc1ccc(S(=O)(=O)N(CC(=O)N(Cc2ccccc2)[C@@H](C)C(=O)NC(C)C)c2cccc(C(F)(F)F)c2)cc1. The van der Waals surface area contributed by atoms with Crippen molar-refractivity contribution in [3.05, 3.63) is 95.6 Å². The highest BCUT2D eigenvalue weighted by Crippen LogP contribution is 2.33. The Hall–Kier alpha value is -3.86. The molecule has 0 saturated heterocycles. The monoisotopic (exact) mass is 575 g/mol. The first-order chi connectivity index (χ1) is 18.7. The Labute approximate surface area is 232 Å². The van der Waals surface area contributed by atoms with Gasteiger partial charge in [-0.1, -0.05) is 54.1 Å². The zero-order valence-electron chi connectivity index (χ0n) is 22.6. The minimum Gasteiger partial charge on any atom is -0.352 e. The van der Waals surface area contributed by atoms with E-state index in [0.29, 0.717) is 15.9 Å². The fraction of sp³-hybridized carbons (Fsp3) is 0.310. The van der Waals surface area contributed by atoms with Gasteiger partial charge in [0, 0.05) is 12.6 Å². The molecular weight excluding hydrogens is 543 g/mol. The molecule has 3 aromatic rings. The molecule has 0 bridgehead atoms. The Morgan fingerprint density at radius 1 is 0.900 bits per heavy atom. The van der Waals surface area contributed by atoms with Crippen LogP contribution in [0.25, 0.3) is 0 Å². The van der Waals surface area contributed by atoms with Gasteiger partial charge in [-0.2, -0.15) is 13.2 Å². The summed E-state index contributed by atoms with van der Waals surface area (Å²) in [7, 11) is -4.48. The molecule has 40 heavy (non-hydrogen) atoms. The average Bonchev–Trinajstić information content (AvgIpc) is 2.89. The number of carbonyl (C=O) groups is 2. The van der Waals surface area contributed by atoms with Crippen LogP contribution in [0.5, 0.6) is 0 Å². The molecule has 0 radical (unpaired) electrons. The van der Waals surface area contributed by atoms with Crippen LogP contribution in [-0.4, -0.2) is 43.8 Å². The lowest BCUT2D eigenvalue weighted by Crippen LogP contribution is -2.52. The first-order valence-corrected chi connectivity index (χ1v) is 14.0. The lowest BCUT2D eigenvalue weighted by molar-refractivity contribution is -0.139. The zero-order valence-corrected chi connectivity index (χ0v) is 23.5. The van der Waals surface area contributed by atoms with Gasteiger partial charge in [-0.05, 0) is 63.6 Å². The van der Waals surface area contributed by atoms with Crippen LogP contribution in [-0.2, 0) is 32.3 Å². The number of carbonyl (C=O) groups excluding carboxylic acids is 2. The van der Waals surface area contributed by atoms with Gasteiger partial charge in [0.2, 0.25) is 11.8 Å². The van der Waals surface area contributed by atoms with E-state index >= 15 is 0 Å². The molecule has 0 aliphatic rings. The van der Waals surface area contributed by atoms with Crippen molar-refractivity contribution in [3.8, 4) is 0 Å². The number of nitrogens with one attached hydrogen (secondary N) is 1. The third kappa shape index (κ3) is 7.62. The fourth-order valence-electron chi connectivity index (χ4n) is 3.97. The molecular formula is C29H32F3N3O4S. The Morgan fingerprint density at radius 3 is 2.10 bits per heavy atom. The summed E-state index contributed by atoms with van der Waals surface area (Å²) in [5.41, 5.74) is 0.0711. The van der Waals surface area contributed by atoms with Crippen LogP contribution in [0.3, 0.4) is 0 Å². The number of sulfonamides is 1. The summed E-state index contributed by atoms with van der Waals surface area (Å²) in [6.45, 7) is 5.95. The lowest BCUT2D eigenvalue weighted by atomic mass is 10.1. The van der Waals surface area contributed by atoms with Gasteiger partial charge in [-0.3, -0.25) is 13.9 Å². The van der Waals surface area contributed by atoms with Gasteiger partial charge in [0.05, 0.1) is 16.1 Å². The van der Waals surface area contributed by atoms with Crippen molar-refractivity contribution in [1.29, 1.82) is 0 Å². The van der Waals surface area contributed by atoms with Gasteiger partial charge >= 0.3 is 6.18 Å². The molecule has 0 aliphatic heterocycles. The molecule has 0 spiro atoms. The molecule has 0 saturated carbocycles. The summed E-state index contributed by atoms with van der Waals surface area (Å²) in [6.07, 6.45) is -4.73. The lowest BCUT2D eigenvalue weighted by Gasteiger charge is -2.32. The van der Waals surface area contributed by atoms with Crippen molar-refractivity contribution in [2.24, 2.45) is 0 Å². The van der Waals surface area contributed by atoms with E-state index in [-0.39, 0.29) is 23.2 Å². The normalized spacial score (nSPS) is 12.6. The summed E-state index contributed by atoms with van der Waals surface area (Å²) < 4.78 is 68.8. The number of hydrogen-bond acceptors (Lipinski definition) is 4. The average molecular weight is 576 g/mol. The maximum atomic E-state index is 13.8. The van der Waals surface area contributed by atoms with Crippen molar-refractivity contribution in [1.82, 2.24) is 10.2 Å². The summed E-state index contributed by atoms with van der Waals surface area (Å²) >= 11 is 0. The number of benzene rings is 3. The predicted molar refractivity (Wildman–Crippen MR) is 147 cm³/mol. The standard InChI is InChI=1S/C29H32F3N3O4S/c1-20(2)33-28(37)22(4)34(18-23-9-6-5-7-10-23)27(36)19-35(25-12-8-11-24(17-25)29(30,31)32)40(38,39)26-15-13-21(3)14-16-26/h5-17,20,22H,18-19H2,1-4H3,(H,33,37)/t22-/m0/s1. The van der Waals surface area contributed by atoms with Gasteiger partial charge in [0.15, 0.2) is 0 Å². The van der Waals surface area contributed by atoms with Crippen molar-refractivity contribution in [2.75, 3.05) is 10.8 Å². The summed E-state index contributed by atoms with van der Waals surface area (Å²) in [5.74, 6) is -1.21. The van der Waals surface area contributed by atoms with Gasteiger partial charge in [-0.25, -0.2) is 8.42 Å². The fourth-order valence-corrected chi connectivity index (χ4v) is 5.38. The first kappa shape index (κ1) is 30.7. The van der Waals surface area contributed by atoms with Crippen LogP contribution < -0.4 is 9.62 Å². The predicted octanol–water partition coefficient (Wildman–Crippen LogP) is 5.15. The van der Waals surface area contributed by atoms with Crippen molar-refractivity contribution < 1.29 is 31.2 Å². The largest absolute Gasteiger partial charge is 0.416 e. The summed E-state index contributed by atoms with van der Waals surface area (Å²) in [4.78, 5) is 27.7. The highest BCUT2D eigenvalue weighted by atomic mass is 32.2. The third-order valence-electron chi connectivity index (χ3n) is 6.14. The van der Waals surface area contributed by atoms with Crippen molar-refractivity contribution >= 4 is 27.5 Å². The number of nitrogens with zero attached hydrogens (tertiary/aromatic N) is 2. The van der Waals surface area contributed by atoms with E-state index in [4.69, 9.17) is 0 Å². The van der Waals surface area contributed by atoms with Crippen LogP contribution in [0, 0.1) is 6.92 Å². The molecule has 0 unspecified atom stereocenters. The quantitative estimate of drug-likeness (QED) is 0.362. The number of alkyl halides is 3. The summed E-state index contributed by atoms with van der Waals surface area (Å²) in [5, 5.41) is 2.74. The van der Waals surface area contributed by atoms with E-state index in [2.05, 4.69) is 5.32 Å². The minimum absolute atomic E-state index is 0.0205. The number of halogens is 3.